The second-order valence-electron chi connectivity index (χ2n) is 13.2. The molecule has 2 aromatic heterocycles. The number of hydrogen-bond donors (Lipinski definition) is 1. The maximum Gasteiger partial charge on any atom is 0.497 e. The molecule has 0 atom stereocenters. The van der Waals surface area contributed by atoms with E-state index in [0.29, 0.717) is 25.5 Å². The third-order valence-electron chi connectivity index (χ3n) is 8.60. The molecule has 2 fully saturated rings. The van der Waals surface area contributed by atoms with Gasteiger partial charge < -0.3 is 38.3 Å². The van der Waals surface area contributed by atoms with Gasteiger partial charge in [-0.1, -0.05) is 0 Å². The number of amides is 1. The van der Waals surface area contributed by atoms with Crippen molar-refractivity contribution >= 4 is 35.5 Å². The summed E-state index contributed by atoms with van der Waals surface area (Å²) in [6.45, 7) is 15.5. The summed E-state index contributed by atoms with van der Waals surface area (Å²) in [4.78, 5) is 23.9. The summed E-state index contributed by atoms with van der Waals surface area (Å²) < 4.78 is 31.8. The smallest absolute Gasteiger partial charge is 0.497 e. The highest BCUT2D eigenvalue weighted by atomic mass is 16.7. The molecular formula is C31H44BN5O6. The Balaban J connectivity index is 1.48. The quantitative estimate of drug-likeness (QED) is 0.382. The van der Waals surface area contributed by atoms with Crippen LogP contribution in [-0.4, -0.2) is 76.8 Å². The first kappa shape index (κ1) is 30.9. The van der Waals surface area contributed by atoms with Crippen molar-refractivity contribution in [1.29, 1.82) is 0 Å². The fraction of sp³-hybridized carbons (Fsp3) is 0.581. The minimum Gasteiger partial charge on any atom is -0.497 e. The number of likely N-dealkylation sites (tertiary alicyclic amines) is 1. The van der Waals surface area contributed by atoms with Gasteiger partial charge in [-0.05, 0) is 73.4 Å². The summed E-state index contributed by atoms with van der Waals surface area (Å²) in [5.41, 5.74) is 1.07. The van der Waals surface area contributed by atoms with E-state index in [1.807, 2.05) is 66.7 Å². The molecule has 12 heteroatoms. The van der Waals surface area contributed by atoms with Crippen LogP contribution in [0.4, 0.5) is 10.6 Å². The molecule has 5 rings (SSSR count). The van der Waals surface area contributed by atoms with Crippen LogP contribution in [0.2, 0.25) is 0 Å². The van der Waals surface area contributed by atoms with E-state index >= 15 is 0 Å². The summed E-state index contributed by atoms with van der Waals surface area (Å²) in [6.07, 6.45) is 4.93. The molecule has 43 heavy (non-hydrogen) atoms. The molecule has 1 N–H and O–H groups in total. The molecule has 0 spiro atoms. The van der Waals surface area contributed by atoms with E-state index in [0.717, 1.165) is 46.4 Å². The third-order valence-corrected chi connectivity index (χ3v) is 8.60. The van der Waals surface area contributed by atoms with E-state index in [1.54, 1.807) is 25.4 Å². The Morgan fingerprint density at radius 3 is 2.35 bits per heavy atom. The molecule has 2 saturated heterocycles. The van der Waals surface area contributed by atoms with Gasteiger partial charge in [0.1, 0.15) is 34.9 Å². The van der Waals surface area contributed by atoms with E-state index in [2.05, 4.69) is 21.1 Å². The number of methoxy groups -OCH3 is 2. The summed E-state index contributed by atoms with van der Waals surface area (Å²) in [5, 5.41) is 4.37. The standard InChI is InChI=1S/C31H44BN5O6/c1-29(2,3)41-28(38)36-14-12-21(13-15-36)37-18-23(32-42-30(4,5)31(6,7)43-32)25-26(34-19-35-27(25)37)33-17-20-10-11-22(39-8)16-24(20)40-9/h10-11,16,18-19,21H,12-15,17H2,1-9H3,(H,33,34,35). The zero-order valence-corrected chi connectivity index (χ0v) is 26.8. The number of nitrogens with one attached hydrogen (secondary N) is 1. The minimum absolute atomic E-state index is 0.127. The number of piperidine rings is 1. The number of rotatable bonds is 7. The fourth-order valence-corrected chi connectivity index (χ4v) is 5.50. The number of carbonyl (C=O) groups excluding carboxylic acids is 1. The van der Waals surface area contributed by atoms with Crippen LogP contribution >= 0.6 is 0 Å². The highest BCUT2D eigenvalue weighted by molar-refractivity contribution is 6.65. The molecule has 11 nitrogen and oxygen atoms in total. The summed E-state index contributed by atoms with van der Waals surface area (Å²) in [6, 6.07) is 5.87. The zero-order valence-electron chi connectivity index (χ0n) is 26.8. The molecule has 2 aliphatic rings. The molecule has 1 aromatic carbocycles. The van der Waals surface area contributed by atoms with Crippen molar-refractivity contribution in [3.63, 3.8) is 0 Å². The lowest BCUT2D eigenvalue weighted by molar-refractivity contribution is 0.00578. The Morgan fingerprint density at radius 1 is 1.07 bits per heavy atom. The SMILES string of the molecule is COc1ccc(CNc2ncnc3c2c(B2OC(C)(C)C(C)(C)O2)cn3C2CCN(C(=O)OC(C)(C)C)CC2)c(OC)c1. The van der Waals surface area contributed by atoms with Gasteiger partial charge in [-0.3, -0.25) is 0 Å². The number of ether oxygens (including phenoxy) is 3. The van der Waals surface area contributed by atoms with Crippen LogP contribution in [0.5, 0.6) is 11.5 Å². The van der Waals surface area contributed by atoms with Gasteiger partial charge >= 0.3 is 13.2 Å². The first-order chi connectivity index (χ1) is 20.2. The maximum atomic E-state index is 12.7. The number of carbonyl (C=O) groups is 1. The number of nitrogens with zero attached hydrogens (tertiary/aromatic N) is 4. The average Bonchev–Trinajstić information content (AvgIpc) is 3.44. The number of hydrogen-bond acceptors (Lipinski definition) is 9. The molecule has 0 radical (unpaired) electrons. The molecular weight excluding hydrogens is 549 g/mol. The summed E-state index contributed by atoms with van der Waals surface area (Å²) in [5.74, 6) is 2.12. The highest BCUT2D eigenvalue weighted by Crippen LogP contribution is 2.38. The van der Waals surface area contributed by atoms with E-state index in [1.165, 1.54) is 0 Å². The number of fused-ring (bicyclic) bond motifs is 1. The Labute approximate surface area is 254 Å². The zero-order chi connectivity index (χ0) is 31.2. The minimum atomic E-state index is -0.599. The number of aromatic nitrogens is 3. The van der Waals surface area contributed by atoms with Crippen molar-refractivity contribution in [3.8, 4) is 11.5 Å². The first-order valence-electron chi connectivity index (χ1n) is 14.9. The Morgan fingerprint density at radius 2 is 1.74 bits per heavy atom. The van der Waals surface area contributed by atoms with E-state index in [4.69, 9.17) is 28.5 Å². The summed E-state index contributed by atoms with van der Waals surface area (Å²) >= 11 is 0. The Bertz CT molecular complexity index is 1460. The predicted molar refractivity (Wildman–Crippen MR) is 166 cm³/mol. The number of benzene rings is 1. The van der Waals surface area contributed by atoms with Crippen molar-refractivity contribution in [2.75, 3.05) is 32.6 Å². The Hall–Kier alpha value is -3.51. The van der Waals surface area contributed by atoms with Gasteiger partial charge in [-0.25, -0.2) is 14.8 Å². The molecule has 2 aliphatic heterocycles. The van der Waals surface area contributed by atoms with Crippen LogP contribution in [-0.2, 0) is 20.6 Å². The molecule has 1 amide bonds. The van der Waals surface area contributed by atoms with Crippen molar-refractivity contribution in [2.45, 2.75) is 90.7 Å². The molecule has 0 unspecified atom stereocenters. The van der Waals surface area contributed by atoms with Crippen LogP contribution in [0.25, 0.3) is 11.0 Å². The van der Waals surface area contributed by atoms with Crippen LogP contribution in [0.3, 0.4) is 0 Å². The normalized spacial score (nSPS) is 18.6. The van der Waals surface area contributed by atoms with Crippen molar-refractivity contribution < 1.29 is 28.3 Å². The monoisotopic (exact) mass is 593 g/mol. The van der Waals surface area contributed by atoms with E-state index in [9.17, 15) is 4.79 Å². The first-order valence-corrected chi connectivity index (χ1v) is 14.9. The second kappa shape index (κ2) is 11.5. The molecule has 3 aromatic rings. The summed E-state index contributed by atoms with van der Waals surface area (Å²) in [7, 11) is 2.68. The van der Waals surface area contributed by atoms with Crippen molar-refractivity contribution in [3.05, 3.63) is 36.3 Å². The fourth-order valence-electron chi connectivity index (χ4n) is 5.50. The van der Waals surface area contributed by atoms with Gasteiger partial charge in [0, 0.05) is 49.0 Å². The predicted octanol–water partition coefficient (Wildman–Crippen LogP) is 4.93. The van der Waals surface area contributed by atoms with E-state index in [-0.39, 0.29) is 12.1 Å². The van der Waals surface area contributed by atoms with Gasteiger partial charge in [0.05, 0.1) is 30.8 Å². The van der Waals surface area contributed by atoms with Crippen LogP contribution in [0.1, 0.15) is 72.9 Å². The van der Waals surface area contributed by atoms with Gasteiger partial charge in [-0.15, -0.1) is 0 Å². The van der Waals surface area contributed by atoms with Crippen molar-refractivity contribution in [2.24, 2.45) is 0 Å². The van der Waals surface area contributed by atoms with Gasteiger partial charge in [0.25, 0.3) is 0 Å². The van der Waals surface area contributed by atoms with Gasteiger partial charge in [-0.2, -0.15) is 0 Å². The lowest BCUT2D eigenvalue weighted by atomic mass is 9.79. The molecule has 232 valence electrons. The Kier molecular flexibility index (Phi) is 8.30. The van der Waals surface area contributed by atoms with E-state index < -0.39 is 23.9 Å². The van der Waals surface area contributed by atoms with Crippen LogP contribution in [0.15, 0.2) is 30.7 Å². The lowest BCUT2D eigenvalue weighted by Gasteiger charge is -2.34. The average molecular weight is 594 g/mol. The lowest BCUT2D eigenvalue weighted by Crippen LogP contribution is -2.42. The molecule has 0 bridgehead atoms. The van der Waals surface area contributed by atoms with Crippen LogP contribution in [0, 0.1) is 0 Å². The van der Waals surface area contributed by atoms with Crippen molar-refractivity contribution in [1.82, 2.24) is 19.4 Å². The highest BCUT2D eigenvalue weighted by Gasteiger charge is 2.53. The molecule has 0 saturated carbocycles. The van der Waals surface area contributed by atoms with Gasteiger partial charge in [0.15, 0.2) is 0 Å². The largest absolute Gasteiger partial charge is 0.497 e. The maximum absolute atomic E-state index is 12.7. The van der Waals surface area contributed by atoms with Crippen LogP contribution < -0.4 is 20.3 Å². The second-order valence-corrected chi connectivity index (χ2v) is 13.2. The third kappa shape index (κ3) is 6.26. The molecule has 4 heterocycles. The topological polar surface area (TPSA) is 109 Å². The molecule has 0 aliphatic carbocycles. The van der Waals surface area contributed by atoms with Gasteiger partial charge in [0.2, 0.25) is 0 Å². The number of anilines is 1.